The zero-order chi connectivity index (χ0) is 16.7. The first-order valence-corrected chi connectivity index (χ1v) is 7.02. The Labute approximate surface area is 135 Å². The zero-order valence-corrected chi connectivity index (χ0v) is 13.3. The number of nitrogens with one attached hydrogen (secondary N) is 1. The fourth-order valence-electron chi connectivity index (χ4n) is 1.87. The summed E-state index contributed by atoms with van der Waals surface area (Å²) in [6.07, 6.45) is 0.789. The van der Waals surface area contributed by atoms with E-state index in [-0.39, 0.29) is 0 Å². The van der Waals surface area contributed by atoms with Gasteiger partial charge in [0.1, 0.15) is 5.75 Å². The summed E-state index contributed by atoms with van der Waals surface area (Å²) in [5.41, 5.74) is 2.43. The minimum atomic E-state index is -0.685. The molecule has 1 amide bonds. The van der Waals surface area contributed by atoms with Gasteiger partial charge in [0.15, 0.2) is 0 Å². The average Bonchev–Trinajstić information content (AvgIpc) is 2.56. The molecule has 0 atom stereocenters. The molecule has 120 valence electrons. The third kappa shape index (κ3) is 4.74. The number of nitrogens with zero attached hydrogens (tertiary/aromatic N) is 2. The van der Waals surface area contributed by atoms with Gasteiger partial charge in [0, 0.05) is 19.8 Å². The molecule has 0 fully saturated rings. The van der Waals surface area contributed by atoms with Crippen LogP contribution in [0.5, 0.6) is 5.75 Å². The maximum absolute atomic E-state index is 11.7. The highest BCUT2D eigenvalue weighted by atomic mass is 16.7. The second-order valence-electron chi connectivity index (χ2n) is 4.92. The predicted molar refractivity (Wildman–Crippen MR) is 91.5 cm³/mol. The quantitative estimate of drug-likeness (QED) is 0.522. The Morgan fingerprint density at radius 3 is 2.48 bits per heavy atom. The zero-order valence-electron chi connectivity index (χ0n) is 13.3. The SMILES string of the molecule is COc1ccccc1NC(=O)O/N=C/c1ccc(N(C)C)cc1. The molecule has 0 spiro atoms. The number of para-hydroxylation sites is 2. The van der Waals surface area contributed by atoms with E-state index in [1.165, 1.54) is 13.3 Å². The Bertz CT molecular complexity index is 682. The Balaban J connectivity index is 1.91. The normalized spacial score (nSPS) is 10.4. The number of hydrogen-bond donors (Lipinski definition) is 1. The van der Waals surface area contributed by atoms with Gasteiger partial charge in [-0.05, 0) is 29.8 Å². The van der Waals surface area contributed by atoms with E-state index in [2.05, 4.69) is 10.5 Å². The molecule has 0 saturated carbocycles. The van der Waals surface area contributed by atoms with E-state index in [4.69, 9.17) is 9.57 Å². The van der Waals surface area contributed by atoms with Crippen molar-refractivity contribution >= 4 is 23.7 Å². The summed E-state index contributed by atoms with van der Waals surface area (Å²) in [5.74, 6) is 0.549. The minimum absolute atomic E-state index is 0.519. The van der Waals surface area contributed by atoms with Crippen LogP contribution in [0.3, 0.4) is 0 Å². The van der Waals surface area contributed by atoms with E-state index in [1.54, 1.807) is 18.2 Å². The van der Waals surface area contributed by atoms with Crippen LogP contribution in [0, 0.1) is 0 Å². The molecule has 6 heteroatoms. The highest BCUT2D eigenvalue weighted by Crippen LogP contribution is 2.23. The van der Waals surface area contributed by atoms with Crippen LogP contribution in [0.15, 0.2) is 53.7 Å². The van der Waals surface area contributed by atoms with Crippen molar-refractivity contribution in [2.75, 3.05) is 31.4 Å². The monoisotopic (exact) mass is 313 g/mol. The van der Waals surface area contributed by atoms with Crippen molar-refractivity contribution in [3.63, 3.8) is 0 Å². The van der Waals surface area contributed by atoms with Crippen molar-refractivity contribution in [1.29, 1.82) is 0 Å². The highest BCUT2D eigenvalue weighted by Gasteiger charge is 2.07. The molecule has 0 aliphatic rings. The molecule has 0 bridgehead atoms. The Morgan fingerprint density at radius 2 is 1.83 bits per heavy atom. The van der Waals surface area contributed by atoms with Gasteiger partial charge in [0.25, 0.3) is 0 Å². The molecular formula is C17H19N3O3. The number of rotatable bonds is 5. The molecule has 0 radical (unpaired) electrons. The van der Waals surface area contributed by atoms with Crippen LogP contribution in [0.25, 0.3) is 0 Å². The van der Waals surface area contributed by atoms with Gasteiger partial charge in [0.2, 0.25) is 0 Å². The Morgan fingerprint density at radius 1 is 1.13 bits per heavy atom. The number of anilines is 2. The number of benzene rings is 2. The average molecular weight is 313 g/mol. The van der Waals surface area contributed by atoms with Gasteiger partial charge in [-0.3, -0.25) is 10.2 Å². The topological polar surface area (TPSA) is 63.2 Å². The van der Waals surface area contributed by atoms with Crippen LogP contribution in [0.4, 0.5) is 16.2 Å². The molecule has 0 unspecified atom stereocenters. The number of carbonyl (C=O) groups excluding carboxylic acids is 1. The van der Waals surface area contributed by atoms with Crippen LogP contribution in [0.1, 0.15) is 5.56 Å². The molecular weight excluding hydrogens is 294 g/mol. The van der Waals surface area contributed by atoms with Gasteiger partial charge >= 0.3 is 6.09 Å². The van der Waals surface area contributed by atoms with Crippen LogP contribution < -0.4 is 15.0 Å². The number of hydrogen-bond acceptors (Lipinski definition) is 5. The van der Waals surface area contributed by atoms with Crippen molar-refractivity contribution in [1.82, 2.24) is 0 Å². The third-order valence-electron chi connectivity index (χ3n) is 3.09. The highest BCUT2D eigenvalue weighted by molar-refractivity contribution is 5.87. The maximum atomic E-state index is 11.7. The lowest BCUT2D eigenvalue weighted by Crippen LogP contribution is -2.11. The number of oxime groups is 1. The molecule has 6 nitrogen and oxygen atoms in total. The lowest BCUT2D eigenvalue weighted by Gasteiger charge is -2.11. The molecule has 2 rings (SSSR count). The summed E-state index contributed by atoms with van der Waals surface area (Å²) in [4.78, 5) is 18.5. The summed E-state index contributed by atoms with van der Waals surface area (Å²) in [7, 11) is 5.46. The van der Waals surface area contributed by atoms with Gasteiger partial charge in [-0.25, -0.2) is 4.79 Å². The van der Waals surface area contributed by atoms with E-state index in [1.807, 2.05) is 49.3 Å². The molecule has 0 aliphatic heterocycles. The van der Waals surface area contributed by atoms with Gasteiger partial charge in [-0.1, -0.05) is 29.4 Å². The molecule has 0 heterocycles. The molecule has 0 aliphatic carbocycles. The minimum Gasteiger partial charge on any atom is -0.495 e. The first-order chi connectivity index (χ1) is 11.1. The largest absolute Gasteiger partial charge is 0.495 e. The standard InChI is InChI=1S/C17H19N3O3/c1-20(2)14-10-8-13(9-11-14)12-18-23-17(21)19-15-6-4-5-7-16(15)22-3/h4-12H,1-3H3,(H,19,21)/b18-12+. The van der Waals surface area contributed by atoms with Crippen LogP contribution in [0.2, 0.25) is 0 Å². The predicted octanol–water partition coefficient (Wildman–Crippen LogP) is 3.34. The first-order valence-electron chi connectivity index (χ1n) is 7.02. The fourth-order valence-corrected chi connectivity index (χ4v) is 1.87. The van der Waals surface area contributed by atoms with Crippen molar-refractivity contribution in [3.8, 4) is 5.75 Å². The maximum Gasteiger partial charge on any atom is 0.437 e. The second kappa shape index (κ2) is 7.84. The van der Waals surface area contributed by atoms with Crippen molar-refractivity contribution in [2.24, 2.45) is 5.16 Å². The summed E-state index contributed by atoms with van der Waals surface area (Å²) in [6.45, 7) is 0. The number of carbonyl (C=O) groups is 1. The van der Waals surface area contributed by atoms with Crippen molar-refractivity contribution < 1.29 is 14.4 Å². The van der Waals surface area contributed by atoms with E-state index in [0.717, 1.165) is 11.3 Å². The van der Waals surface area contributed by atoms with Crippen molar-refractivity contribution in [2.45, 2.75) is 0 Å². The first kappa shape index (κ1) is 16.4. The second-order valence-corrected chi connectivity index (χ2v) is 4.92. The Kier molecular flexibility index (Phi) is 5.57. The summed E-state index contributed by atoms with van der Waals surface area (Å²) in [5, 5.41) is 6.24. The lowest BCUT2D eigenvalue weighted by molar-refractivity contribution is 0.167. The lowest BCUT2D eigenvalue weighted by atomic mass is 10.2. The number of ether oxygens (including phenoxy) is 1. The van der Waals surface area contributed by atoms with Crippen molar-refractivity contribution in [3.05, 3.63) is 54.1 Å². The molecule has 0 aromatic heterocycles. The fraction of sp³-hybridized carbons (Fsp3) is 0.176. The molecule has 1 N–H and O–H groups in total. The van der Waals surface area contributed by atoms with Crippen LogP contribution >= 0.6 is 0 Å². The van der Waals surface area contributed by atoms with E-state index in [0.29, 0.717) is 11.4 Å². The Hall–Kier alpha value is -3.02. The molecule has 2 aromatic rings. The van der Waals surface area contributed by atoms with Gasteiger partial charge in [0.05, 0.1) is 19.0 Å². The van der Waals surface area contributed by atoms with Gasteiger partial charge < -0.3 is 9.64 Å². The van der Waals surface area contributed by atoms with E-state index < -0.39 is 6.09 Å². The summed E-state index contributed by atoms with van der Waals surface area (Å²) >= 11 is 0. The van der Waals surface area contributed by atoms with Gasteiger partial charge in [-0.2, -0.15) is 0 Å². The van der Waals surface area contributed by atoms with Crippen LogP contribution in [-0.4, -0.2) is 33.5 Å². The summed E-state index contributed by atoms with van der Waals surface area (Å²) < 4.78 is 5.14. The third-order valence-corrected chi connectivity index (χ3v) is 3.09. The molecule has 2 aromatic carbocycles. The molecule has 0 saturated heterocycles. The van der Waals surface area contributed by atoms with Crippen LogP contribution in [-0.2, 0) is 4.84 Å². The molecule has 23 heavy (non-hydrogen) atoms. The summed E-state index contributed by atoms with van der Waals surface area (Å²) in [6, 6.07) is 14.7. The number of methoxy groups -OCH3 is 1. The van der Waals surface area contributed by atoms with E-state index >= 15 is 0 Å². The van der Waals surface area contributed by atoms with Gasteiger partial charge in [-0.15, -0.1) is 0 Å². The van der Waals surface area contributed by atoms with E-state index in [9.17, 15) is 4.79 Å². The number of amides is 1. The smallest absolute Gasteiger partial charge is 0.437 e.